The first-order chi connectivity index (χ1) is 10.5. The summed E-state index contributed by atoms with van der Waals surface area (Å²) in [6.07, 6.45) is 1.02. The summed E-state index contributed by atoms with van der Waals surface area (Å²) in [5.74, 6) is -0.662. The van der Waals surface area contributed by atoms with E-state index in [2.05, 4.69) is 41.3 Å². The van der Waals surface area contributed by atoms with Crippen LogP contribution < -0.4 is 4.90 Å². The number of anilines is 1. The molecule has 116 valence electrons. The average molecular weight is 297 g/mol. The second-order valence-electron chi connectivity index (χ2n) is 5.74. The van der Waals surface area contributed by atoms with Crippen LogP contribution in [-0.2, 0) is 4.79 Å². The molecule has 0 aromatic heterocycles. The van der Waals surface area contributed by atoms with Crippen molar-refractivity contribution in [1.82, 2.24) is 0 Å². The fourth-order valence-corrected chi connectivity index (χ4v) is 2.75. The third kappa shape index (κ3) is 3.67. The molecule has 0 spiro atoms. The number of aliphatic carboxylic acids is 1. The Labute approximate surface area is 132 Å². The molecular formula is C19H23NO2. The van der Waals surface area contributed by atoms with Gasteiger partial charge in [0, 0.05) is 25.3 Å². The number of hydrogen-bond acceptors (Lipinski definition) is 2. The minimum atomic E-state index is -0.742. The van der Waals surface area contributed by atoms with Crippen molar-refractivity contribution in [2.45, 2.75) is 25.7 Å². The molecular weight excluding hydrogens is 274 g/mol. The van der Waals surface area contributed by atoms with Gasteiger partial charge in [0.05, 0.1) is 6.42 Å². The topological polar surface area (TPSA) is 40.5 Å². The molecule has 0 saturated heterocycles. The first kappa shape index (κ1) is 16.1. The van der Waals surface area contributed by atoms with Gasteiger partial charge in [0.15, 0.2) is 0 Å². The predicted octanol–water partition coefficient (Wildman–Crippen LogP) is 4.39. The normalized spacial score (nSPS) is 12.0. The van der Waals surface area contributed by atoms with Gasteiger partial charge in [-0.2, -0.15) is 0 Å². The highest BCUT2D eigenvalue weighted by atomic mass is 16.4. The number of para-hydroxylation sites is 1. The van der Waals surface area contributed by atoms with Crippen molar-refractivity contribution in [3.63, 3.8) is 0 Å². The van der Waals surface area contributed by atoms with Gasteiger partial charge in [-0.05, 0) is 29.5 Å². The molecule has 0 radical (unpaired) electrons. The molecule has 2 aromatic rings. The molecule has 0 heterocycles. The van der Waals surface area contributed by atoms with Gasteiger partial charge in [-0.15, -0.1) is 0 Å². The fourth-order valence-electron chi connectivity index (χ4n) is 2.75. The molecule has 2 rings (SSSR count). The monoisotopic (exact) mass is 297 g/mol. The van der Waals surface area contributed by atoms with E-state index < -0.39 is 5.97 Å². The largest absolute Gasteiger partial charge is 0.481 e. The van der Waals surface area contributed by atoms with Gasteiger partial charge in [0.25, 0.3) is 0 Å². The summed E-state index contributed by atoms with van der Waals surface area (Å²) in [7, 11) is 4.07. The Morgan fingerprint density at radius 3 is 2.27 bits per heavy atom. The number of benzene rings is 2. The van der Waals surface area contributed by atoms with Crippen LogP contribution in [0, 0.1) is 0 Å². The first-order valence-electron chi connectivity index (χ1n) is 7.61. The Bertz CT molecular complexity index is 632. The van der Waals surface area contributed by atoms with E-state index in [-0.39, 0.29) is 12.3 Å². The van der Waals surface area contributed by atoms with Crippen molar-refractivity contribution < 1.29 is 9.90 Å². The van der Waals surface area contributed by atoms with Crippen LogP contribution in [0.2, 0.25) is 0 Å². The molecule has 0 bridgehead atoms. The molecule has 3 nitrogen and oxygen atoms in total. The van der Waals surface area contributed by atoms with Crippen molar-refractivity contribution in [3.8, 4) is 11.1 Å². The fraction of sp³-hybridized carbons (Fsp3) is 0.316. The number of carboxylic acid groups (broad SMARTS) is 1. The van der Waals surface area contributed by atoms with Crippen molar-refractivity contribution in [2.24, 2.45) is 0 Å². The second-order valence-corrected chi connectivity index (χ2v) is 5.74. The lowest BCUT2D eigenvalue weighted by Gasteiger charge is -2.18. The van der Waals surface area contributed by atoms with Gasteiger partial charge in [-0.1, -0.05) is 49.4 Å². The maximum atomic E-state index is 10.9. The summed E-state index contributed by atoms with van der Waals surface area (Å²) < 4.78 is 0. The van der Waals surface area contributed by atoms with E-state index in [0.29, 0.717) is 0 Å². The van der Waals surface area contributed by atoms with E-state index >= 15 is 0 Å². The van der Waals surface area contributed by atoms with Gasteiger partial charge in [-0.25, -0.2) is 0 Å². The first-order valence-corrected chi connectivity index (χ1v) is 7.61. The quantitative estimate of drug-likeness (QED) is 0.859. The van der Waals surface area contributed by atoms with Gasteiger partial charge in [0.2, 0.25) is 0 Å². The molecule has 0 aliphatic heterocycles. The number of hydrogen-bond donors (Lipinski definition) is 1. The molecule has 1 atom stereocenters. The molecule has 1 N–H and O–H groups in total. The van der Waals surface area contributed by atoms with Crippen LogP contribution in [0.4, 0.5) is 5.69 Å². The summed E-state index contributed by atoms with van der Waals surface area (Å²) in [5.41, 5.74) is 4.60. The van der Waals surface area contributed by atoms with Crippen molar-refractivity contribution in [1.29, 1.82) is 0 Å². The molecule has 22 heavy (non-hydrogen) atoms. The number of rotatable bonds is 6. The summed E-state index contributed by atoms with van der Waals surface area (Å²) >= 11 is 0. The summed E-state index contributed by atoms with van der Waals surface area (Å²) in [5, 5.41) is 9.00. The lowest BCUT2D eigenvalue weighted by molar-refractivity contribution is -0.137. The van der Waals surface area contributed by atoms with Crippen molar-refractivity contribution >= 4 is 11.7 Å². The maximum Gasteiger partial charge on any atom is 0.303 e. The highest BCUT2D eigenvalue weighted by molar-refractivity contribution is 5.78. The molecule has 0 saturated carbocycles. The van der Waals surface area contributed by atoms with Crippen LogP contribution in [0.3, 0.4) is 0 Å². The van der Waals surface area contributed by atoms with Gasteiger partial charge in [-0.3, -0.25) is 4.79 Å². The molecule has 0 fully saturated rings. The number of nitrogens with zero attached hydrogens (tertiary/aromatic N) is 1. The molecule has 0 aliphatic carbocycles. The lowest BCUT2D eigenvalue weighted by Crippen LogP contribution is -2.09. The van der Waals surface area contributed by atoms with E-state index in [0.717, 1.165) is 17.5 Å². The van der Waals surface area contributed by atoms with Gasteiger partial charge >= 0.3 is 5.97 Å². The van der Waals surface area contributed by atoms with Gasteiger partial charge in [0.1, 0.15) is 0 Å². The zero-order valence-electron chi connectivity index (χ0n) is 13.4. The molecule has 0 aliphatic rings. The summed E-state index contributed by atoms with van der Waals surface area (Å²) in [6.45, 7) is 2.03. The Morgan fingerprint density at radius 2 is 1.73 bits per heavy atom. The predicted molar refractivity (Wildman–Crippen MR) is 91.5 cm³/mol. The third-order valence-corrected chi connectivity index (χ3v) is 3.99. The van der Waals surface area contributed by atoms with Crippen LogP contribution >= 0.6 is 0 Å². The standard InChI is InChI=1S/C19H23NO2/c1-4-14(13-19(21)22)15-9-11-16(12-10-15)17-7-5-6-8-18(17)20(2)3/h5-12,14H,4,13H2,1-3H3,(H,21,22). The van der Waals surface area contributed by atoms with E-state index in [4.69, 9.17) is 5.11 Å². The second kappa shape index (κ2) is 7.12. The minimum Gasteiger partial charge on any atom is -0.481 e. The average Bonchev–Trinajstić information content (AvgIpc) is 2.52. The molecule has 1 unspecified atom stereocenters. The van der Waals surface area contributed by atoms with Gasteiger partial charge < -0.3 is 10.0 Å². The van der Waals surface area contributed by atoms with Crippen molar-refractivity contribution in [3.05, 3.63) is 54.1 Å². The Morgan fingerprint density at radius 1 is 1.09 bits per heavy atom. The SMILES string of the molecule is CCC(CC(=O)O)c1ccc(-c2ccccc2N(C)C)cc1. The van der Waals surface area contributed by atoms with E-state index in [1.165, 1.54) is 11.3 Å². The van der Waals surface area contributed by atoms with Crippen LogP contribution in [0.1, 0.15) is 31.2 Å². The molecule has 0 amide bonds. The Hall–Kier alpha value is -2.29. The molecule has 2 aromatic carbocycles. The number of carbonyl (C=O) groups is 1. The van der Waals surface area contributed by atoms with Crippen LogP contribution in [-0.4, -0.2) is 25.2 Å². The number of carboxylic acids is 1. The zero-order valence-corrected chi connectivity index (χ0v) is 13.4. The smallest absolute Gasteiger partial charge is 0.303 e. The Kier molecular flexibility index (Phi) is 5.21. The lowest BCUT2D eigenvalue weighted by atomic mass is 9.91. The van der Waals surface area contributed by atoms with E-state index in [1.807, 2.05) is 33.2 Å². The van der Waals surface area contributed by atoms with E-state index in [1.54, 1.807) is 0 Å². The zero-order chi connectivity index (χ0) is 16.1. The summed E-state index contributed by atoms with van der Waals surface area (Å²) in [6, 6.07) is 16.6. The van der Waals surface area contributed by atoms with E-state index in [9.17, 15) is 4.79 Å². The van der Waals surface area contributed by atoms with Crippen LogP contribution in [0.5, 0.6) is 0 Å². The minimum absolute atomic E-state index is 0.0793. The third-order valence-electron chi connectivity index (χ3n) is 3.99. The Balaban J connectivity index is 2.31. The maximum absolute atomic E-state index is 10.9. The summed E-state index contributed by atoms with van der Waals surface area (Å²) in [4.78, 5) is 13.0. The van der Waals surface area contributed by atoms with Crippen LogP contribution in [0.25, 0.3) is 11.1 Å². The highest BCUT2D eigenvalue weighted by Crippen LogP contribution is 2.31. The van der Waals surface area contributed by atoms with Crippen molar-refractivity contribution in [2.75, 3.05) is 19.0 Å². The van der Waals surface area contributed by atoms with Crippen LogP contribution in [0.15, 0.2) is 48.5 Å². The molecule has 3 heteroatoms. The highest BCUT2D eigenvalue weighted by Gasteiger charge is 2.14.